The van der Waals surface area contributed by atoms with Crippen molar-refractivity contribution in [2.75, 3.05) is 58.3 Å². The number of imidazole rings is 1. The fourth-order valence-corrected chi connectivity index (χ4v) is 16.0. The van der Waals surface area contributed by atoms with Gasteiger partial charge < -0.3 is 175 Å². The molecule has 5 rings (SSSR count). The highest BCUT2D eigenvalue weighted by Gasteiger charge is 2.46. The van der Waals surface area contributed by atoms with Crippen LogP contribution in [0, 0.1) is 5.92 Å². The molecule has 0 aliphatic carbocycles. The fourth-order valence-electron chi connectivity index (χ4n) is 15.7. The van der Waals surface area contributed by atoms with Crippen LogP contribution in [0.5, 0.6) is 0 Å². The molecule has 0 spiro atoms. The van der Waals surface area contributed by atoms with E-state index >= 15 is 4.79 Å². The standard InChI is InChI=1S/C87H131N27O33S/c1-39(2)25-51(85(144)113-23-10-15-59(113)81(140)106-53(87(146)147)30-64(93)124)104-74(133)50(29-63(92)123)102-80(139)58-14-9-24-114(58)86(145)52(26-42-11-6-5-7-12-42)105-73(132)48(27-43-31-94-38-97-43)103-83(142)69(41(4)119)111-78(137)56(37-148)109-77(136)55(36-117)108-75(134)49(28-62(91)122)101-71(130)47(18-21-67(127)128)99-76(135)54(35-116)107-72(131)46(17-20-61(90)121)100-82(141)68(40(3)118)110-66(126)33-95-70(129)45(16-19-60(89)120)98-65(125)32-96-79(138)57-13-8-22-112(57)84(143)44(88)34-115/h5-7,11-12,31,38-41,44-59,68-69,115-119,148H,8-10,13-30,32-37,88H2,1-4H3,(H2,89,120)(H2,90,121)(H2,91,122)(H2,92,123)(H2,93,124)(H,94,97)(H,95,129)(H,96,138)(H,98,125)(H,99,135)(H,100,141)(H,101,130)(H,102,139)(H,103,142)(H,104,133)(H,105,132)(H,106,140)(H,107,131)(H,108,134)(H,109,136)(H,110,126)(H,111,137)(H,127,128)(H,146,147)/t40-,41-,44+,45+,46+,47+,48+,49+,50+,51+,52+,53+,54+,55+,56+,57+,58+,59+,68+,69+/m1/s1. The normalized spacial score (nSPS) is 17.6. The van der Waals surface area contributed by atoms with Crippen molar-refractivity contribution in [3.63, 3.8) is 0 Å². The van der Waals surface area contributed by atoms with Gasteiger partial charge in [-0.05, 0) is 89.5 Å². The zero-order valence-corrected chi connectivity index (χ0v) is 82.1. The van der Waals surface area contributed by atoms with Gasteiger partial charge in [0.25, 0.3) is 0 Å². The number of primary amides is 5. The molecule has 36 N–H and O–H groups in total. The Bertz CT molecular complexity index is 5100. The summed E-state index contributed by atoms with van der Waals surface area (Å²) in [5.74, 6) is -31.9. The molecule has 818 valence electrons. The molecule has 4 heterocycles. The van der Waals surface area contributed by atoms with Crippen molar-refractivity contribution in [3.05, 3.63) is 54.1 Å². The largest absolute Gasteiger partial charge is 0.481 e. The first-order valence-electron chi connectivity index (χ1n) is 46.9. The van der Waals surface area contributed by atoms with E-state index in [-0.39, 0.29) is 76.2 Å². The quantitative estimate of drug-likeness (QED) is 0.0274. The summed E-state index contributed by atoms with van der Waals surface area (Å²) in [7, 11) is 0. The van der Waals surface area contributed by atoms with Crippen LogP contribution in [0.15, 0.2) is 42.9 Å². The molecule has 0 saturated carbocycles. The molecule has 20 atom stereocenters. The molecule has 2 aromatic rings. The zero-order chi connectivity index (χ0) is 111. The summed E-state index contributed by atoms with van der Waals surface area (Å²) in [4.78, 5) is 359. The Kier molecular flexibility index (Phi) is 50.5. The smallest absolute Gasteiger partial charge is 0.326 e. The Labute approximate surface area is 849 Å². The van der Waals surface area contributed by atoms with Crippen LogP contribution < -0.4 is 119 Å². The molecule has 0 unspecified atom stereocenters. The van der Waals surface area contributed by atoms with Crippen LogP contribution in [0.4, 0.5) is 0 Å². The molecular formula is C87H131N27O33S. The molecule has 1 aromatic heterocycles. The average molecular weight is 2120 g/mol. The molecule has 61 heteroatoms. The number of carbonyl (C=O) groups excluding carboxylic acids is 24. The van der Waals surface area contributed by atoms with E-state index in [0.717, 1.165) is 28.5 Å². The first-order valence-corrected chi connectivity index (χ1v) is 47.5. The molecule has 3 fully saturated rings. The number of thiol groups is 1. The van der Waals surface area contributed by atoms with Crippen molar-refractivity contribution >= 4 is 166 Å². The first-order chi connectivity index (χ1) is 69.7. The van der Waals surface area contributed by atoms with Gasteiger partial charge in [-0.15, -0.1) is 0 Å². The van der Waals surface area contributed by atoms with Gasteiger partial charge in [-0.25, -0.2) is 9.78 Å². The van der Waals surface area contributed by atoms with E-state index in [0.29, 0.717) is 12.0 Å². The van der Waals surface area contributed by atoms with Gasteiger partial charge in [-0.1, -0.05) is 44.2 Å². The Morgan fingerprint density at radius 3 is 1.23 bits per heavy atom. The lowest BCUT2D eigenvalue weighted by Gasteiger charge is -2.32. The highest BCUT2D eigenvalue weighted by Crippen LogP contribution is 2.25. The number of aliphatic hydroxyl groups is 5. The predicted octanol–water partition coefficient (Wildman–Crippen LogP) is -16.7. The number of carboxylic acid groups (broad SMARTS) is 2. The number of benzene rings is 1. The summed E-state index contributed by atoms with van der Waals surface area (Å²) in [5.41, 5.74) is 33.1. The minimum absolute atomic E-state index is 0.0313. The number of likely N-dealkylation sites (tertiary alicyclic amines) is 3. The lowest BCUT2D eigenvalue weighted by Crippen LogP contribution is -2.63. The number of H-pyrrole nitrogens is 1. The summed E-state index contributed by atoms with van der Waals surface area (Å²) in [6, 6.07) is -23.7. The fraction of sp³-hybridized carbons (Fsp3) is 0.598. The minimum atomic E-state index is -2.22. The van der Waals surface area contributed by atoms with E-state index in [4.69, 9.17) is 34.4 Å². The molecular weight excluding hydrogens is 1980 g/mol. The molecule has 3 aliphatic rings. The van der Waals surface area contributed by atoms with Crippen molar-refractivity contribution in [2.24, 2.45) is 40.3 Å². The number of amides is 24. The average Bonchev–Trinajstić information content (AvgIpc) is 1.81. The van der Waals surface area contributed by atoms with Gasteiger partial charge in [0.1, 0.15) is 109 Å². The van der Waals surface area contributed by atoms with Crippen LogP contribution in [0.3, 0.4) is 0 Å². The van der Waals surface area contributed by atoms with E-state index in [1.54, 1.807) is 44.2 Å². The minimum Gasteiger partial charge on any atom is -0.481 e. The van der Waals surface area contributed by atoms with Gasteiger partial charge in [-0.3, -0.25) is 120 Å². The van der Waals surface area contributed by atoms with Crippen LogP contribution in [0.2, 0.25) is 0 Å². The monoisotopic (exact) mass is 2110 g/mol. The van der Waals surface area contributed by atoms with Crippen molar-refractivity contribution in [1.29, 1.82) is 0 Å². The van der Waals surface area contributed by atoms with E-state index in [1.807, 2.05) is 21.3 Å². The summed E-state index contributed by atoms with van der Waals surface area (Å²) in [6.07, 6.45) is -8.27. The molecule has 0 radical (unpaired) electrons. The van der Waals surface area contributed by atoms with Crippen LogP contribution in [-0.4, -0.2) is 393 Å². The van der Waals surface area contributed by atoms with Crippen molar-refractivity contribution in [2.45, 2.75) is 264 Å². The molecule has 1 aromatic carbocycles. The Hall–Kier alpha value is -15.2. The number of aromatic nitrogens is 2. The highest BCUT2D eigenvalue weighted by atomic mass is 32.1. The Balaban J connectivity index is 1.27. The van der Waals surface area contributed by atoms with Gasteiger partial charge >= 0.3 is 11.9 Å². The van der Waals surface area contributed by atoms with Gasteiger partial charge in [0, 0.05) is 69.4 Å². The molecule has 0 bridgehead atoms. The maximum Gasteiger partial charge on any atom is 0.326 e. The van der Waals surface area contributed by atoms with Gasteiger partial charge in [0.2, 0.25) is 142 Å². The number of aromatic amines is 1. The first kappa shape index (κ1) is 123. The summed E-state index contributed by atoms with van der Waals surface area (Å²) in [6.45, 7) is 0.0599. The molecule has 3 aliphatic heterocycles. The zero-order valence-electron chi connectivity index (χ0n) is 81.2. The third-order valence-corrected chi connectivity index (χ3v) is 23.7. The maximum atomic E-state index is 15.1. The molecule has 60 nitrogen and oxygen atoms in total. The van der Waals surface area contributed by atoms with E-state index in [2.05, 4.69) is 86.4 Å². The molecule has 3 saturated heterocycles. The second kappa shape index (κ2) is 60.6. The number of carboxylic acids is 2. The predicted molar refractivity (Wildman–Crippen MR) is 508 cm³/mol. The third kappa shape index (κ3) is 39.9. The highest BCUT2D eigenvalue weighted by molar-refractivity contribution is 7.80. The number of hydrogen-bond donors (Lipinski definition) is 31. The Morgan fingerprint density at radius 1 is 0.399 bits per heavy atom. The number of hydrogen-bond acceptors (Lipinski definition) is 34. The van der Waals surface area contributed by atoms with E-state index in [1.165, 1.54) is 12.5 Å². The van der Waals surface area contributed by atoms with Crippen molar-refractivity contribution in [3.8, 4) is 0 Å². The van der Waals surface area contributed by atoms with Crippen molar-refractivity contribution in [1.82, 2.24) is 110 Å². The topological polar surface area (TPSA) is 972 Å². The number of nitrogens with zero attached hydrogens (tertiary/aromatic N) is 4. The number of nitrogens with one attached hydrogen (secondary N) is 17. The van der Waals surface area contributed by atoms with Gasteiger partial charge in [0.15, 0.2) is 0 Å². The van der Waals surface area contributed by atoms with Gasteiger partial charge in [-0.2, -0.15) is 12.6 Å². The summed E-state index contributed by atoms with van der Waals surface area (Å²) < 4.78 is 0. The summed E-state index contributed by atoms with van der Waals surface area (Å²) >= 11 is 4.14. The van der Waals surface area contributed by atoms with Gasteiger partial charge in [0.05, 0.1) is 70.7 Å². The van der Waals surface area contributed by atoms with Crippen LogP contribution in [0.1, 0.15) is 142 Å². The number of rotatable bonds is 63. The van der Waals surface area contributed by atoms with Crippen LogP contribution in [-0.2, 0) is 137 Å². The lowest BCUT2D eigenvalue weighted by molar-refractivity contribution is -0.146. The number of aliphatic hydroxyl groups excluding tert-OH is 5. The number of carbonyl (C=O) groups is 26. The second-order valence-electron chi connectivity index (χ2n) is 35.5. The second-order valence-corrected chi connectivity index (χ2v) is 35.9. The van der Waals surface area contributed by atoms with Crippen LogP contribution >= 0.6 is 12.6 Å². The SMILES string of the molecule is CC(C)C[C@H](NC(=O)[C@H](CC(N)=O)NC(=O)[C@@H]1CCCN1C(=O)[C@H](Cc1ccccc1)NC(=O)[C@H](Cc1cnc[nH]1)NC(=O)[C@@H](NC(=O)[C@H](CS)NC(=O)[C@H](CO)NC(=O)[C@H](CC(N)=O)NC(=O)[C@H](CCC(=O)O)NC(=O)[C@H](CO)NC(=O)[C@H](CCC(N)=O)NC(=O)[C@@H](NC(=O)CNC(=O)[C@H](CCC(N)=O)NC(=O)CNC(=O)[C@@H]1CCCN1C(=O)[C@@H](N)CO)[C@@H](C)O)[C@@H](C)O)C(=O)N1CCC[C@H]1C(=O)N[C@@H](CC(N)=O)C(=O)O. The third-order valence-electron chi connectivity index (χ3n) is 23.3. The van der Waals surface area contributed by atoms with E-state index in [9.17, 15) is 156 Å². The van der Waals surface area contributed by atoms with E-state index < -0.39 is 378 Å². The lowest BCUT2D eigenvalue weighted by atomic mass is 10.0. The van der Waals surface area contributed by atoms with Crippen molar-refractivity contribution < 1.29 is 160 Å². The maximum absolute atomic E-state index is 15.1. The summed E-state index contributed by atoms with van der Waals surface area (Å²) in [5, 5.41) is 107. The van der Waals surface area contributed by atoms with Crippen LogP contribution in [0.25, 0.3) is 0 Å². The number of aliphatic carboxylic acids is 2. The number of nitrogens with two attached hydrogens (primary N) is 6. The Morgan fingerprint density at radius 2 is 0.777 bits per heavy atom. The molecule has 148 heavy (non-hydrogen) atoms. The molecule has 24 amide bonds.